The first-order valence-corrected chi connectivity index (χ1v) is 6.35. The van der Waals surface area contributed by atoms with Crippen LogP contribution in [0.5, 0.6) is 0 Å². The van der Waals surface area contributed by atoms with Crippen molar-refractivity contribution in [3.8, 4) is 5.95 Å². The minimum atomic E-state index is -0.288. The number of carbonyl (C=O) groups is 1. The number of carbonyl (C=O) groups excluding carboxylic acids is 1. The van der Waals surface area contributed by atoms with Gasteiger partial charge in [0.25, 0.3) is 5.95 Å². The number of ether oxygens (including phenoxy) is 1. The molecule has 0 aromatic carbocycles. The van der Waals surface area contributed by atoms with Crippen molar-refractivity contribution in [2.75, 3.05) is 23.9 Å². The van der Waals surface area contributed by atoms with E-state index in [1.807, 2.05) is 0 Å². The Morgan fingerprint density at radius 2 is 2.19 bits per heavy atom. The Balaban J connectivity index is 2.05. The summed E-state index contributed by atoms with van der Waals surface area (Å²) in [5.41, 5.74) is 2.35. The minimum absolute atomic E-state index is 0.189. The first-order valence-electron chi connectivity index (χ1n) is 6.35. The zero-order valence-electron chi connectivity index (χ0n) is 11.5. The molecule has 0 aliphatic carbocycles. The van der Waals surface area contributed by atoms with Gasteiger partial charge in [-0.25, -0.2) is 10.5 Å². The molecule has 112 valence electrons. The van der Waals surface area contributed by atoms with E-state index >= 15 is 0 Å². The minimum Gasteiger partial charge on any atom is -0.466 e. The van der Waals surface area contributed by atoms with Crippen molar-refractivity contribution in [1.82, 2.24) is 24.7 Å². The number of nitrogens with two attached hydrogens (primary N) is 1. The summed E-state index contributed by atoms with van der Waals surface area (Å²) in [7, 11) is 0. The summed E-state index contributed by atoms with van der Waals surface area (Å²) >= 11 is 0. The molecule has 0 amide bonds. The molecule has 0 radical (unpaired) electrons. The standard InChI is InChI=1S/C11H16N8O2/c1-2-21-8(20)4-6-13-9-15-10(18-12)17-11(16-9)19-7-3-5-14-19/h3,5,7H,2,4,6,12H2,1H3,(H2,13,15,16,17,18). The molecule has 0 fully saturated rings. The van der Waals surface area contributed by atoms with Crippen LogP contribution in [0, 0.1) is 0 Å². The quantitative estimate of drug-likeness (QED) is 0.357. The summed E-state index contributed by atoms with van der Waals surface area (Å²) in [4.78, 5) is 23.6. The summed E-state index contributed by atoms with van der Waals surface area (Å²) < 4.78 is 6.30. The molecule has 4 N–H and O–H groups in total. The molecule has 0 aliphatic heterocycles. The second kappa shape index (κ2) is 7.14. The van der Waals surface area contributed by atoms with Crippen LogP contribution in [0.2, 0.25) is 0 Å². The SMILES string of the molecule is CCOC(=O)CCNc1nc(NN)nc(-n2cccn2)n1. The molecule has 0 aliphatic rings. The van der Waals surface area contributed by atoms with Gasteiger partial charge in [-0.2, -0.15) is 20.1 Å². The van der Waals surface area contributed by atoms with E-state index in [0.717, 1.165) is 0 Å². The molecule has 2 aromatic rings. The van der Waals surface area contributed by atoms with Crippen LogP contribution >= 0.6 is 0 Å². The van der Waals surface area contributed by atoms with Gasteiger partial charge >= 0.3 is 5.97 Å². The van der Waals surface area contributed by atoms with Gasteiger partial charge < -0.3 is 10.1 Å². The zero-order valence-corrected chi connectivity index (χ0v) is 11.5. The number of hydrogen-bond acceptors (Lipinski definition) is 9. The number of hydrazine groups is 1. The van der Waals surface area contributed by atoms with Crippen LogP contribution in [0.3, 0.4) is 0 Å². The third-order valence-corrected chi connectivity index (χ3v) is 2.38. The maximum atomic E-state index is 11.2. The maximum absolute atomic E-state index is 11.2. The van der Waals surface area contributed by atoms with Gasteiger partial charge in [-0.3, -0.25) is 10.2 Å². The topological polar surface area (TPSA) is 133 Å². The Hall–Kier alpha value is -2.75. The molecule has 0 unspecified atom stereocenters. The van der Waals surface area contributed by atoms with E-state index in [4.69, 9.17) is 10.6 Å². The Labute approximate surface area is 120 Å². The fraction of sp³-hybridized carbons (Fsp3) is 0.364. The van der Waals surface area contributed by atoms with Gasteiger partial charge in [0.1, 0.15) is 0 Å². The third kappa shape index (κ3) is 4.11. The van der Waals surface area contributed by atoms with Crippen LogP contribution in [0.15, 0.2) is 18.5 Å². The predicted molar refractivity (Wildman–Crippen MR) is 74.5 cm³/mol. The van der Waals surface area contributed by atoms with Crippen LogP contribution in [0.25, 0.3) is 5.95 Å². The summed E-state index contributed by atoms with van der Waals surface area (Å²) in [6.07, 6.45) is 3.51. The van der Waals surface area contributed by atoms with E-state index in [2.05, 4.69) is 30.8 Å². The van der Waals surface area contributed by atoms with Crippen molar-refractivity contribution in [2.24, 2.45) is 5.84 Å². The predicted octanol–water partition coefficient (Wildman–Crippen LogP) is -0.292. The van der Waals surface area contributed by atoms with E-state index in [0.29, 0.717) is 19.1 Å². The van der Waals surface area contributed by atoms with E-state index in [1.54, 1.807) is 25.4 Å². The second-order valence-electron chi connectivity index (χ2n) is 3.86. The summed E-state index contributed by atoms with van der Waals surface area (Å²) in [6.45, 7) is 2.45. The van der Waals surface area contributed by atoms with Crippen LogP contribution in [-0.2, 0) is 9.53 Å². The summed E-state index contributed by atoms with van der Waals surface area (Å²) in [5, 5.41) is 6.94. The van der Waals surface area contributed by atoms with Crippen molar-refractivity contribution >= 4 is 17.9 Å². The van der Waals surface area contributed by atoms with Crippen molar-refractivity contribution < 1.29 is 9.53 Å². The number of hydrogen-bond donors (Lipinski definition) is 3. The van der Waals surface area contributed by atoms with Gasteiger partial charge in [-0.1, -0.05) is 0 Å². The monoisotopic (exact) mass is 292 g/mol. The first kappa shape index (κ1) is 14.7. The number of aromatic nitrogens is 5. The number of anilines is 2. The maximum Gasteiger partial charge on any atom is 0.307 e. The van der Waals surface area contributed by atoms with Crippen LogP contribution in [0.4, 0.5) is 11.9 Å². The smallest absolute Gasteiger partial charge is 0.307 e. The lowest BCUT2D eigenvalue weighted by molar-refractivity contribution is -0.142. The summed E-state index contributed by atoms with van der Waals surface area (Å²) in [5.74, 6) is 5.82. The van der Waals surface area contributed by atoms with Crippen LogP contribution < -0.4 is 16.6 Å². The second-order valence-corrected chi connectivity index (χ2v) is 3.86. The Bertz CT molecular complexity index is 586. The number of rotatable bonds is 7. The molecule has 0 saturated carbocycles. The Kier molecular flexibility index (Phi) is 4.99. The van der Waals surface area contributed by atoms with Gasteiger partial charge in [-0.15, -0.1) is 0 Å². The van der Waals surface area contributed by atoms with E-state index in [-0.39, 0.29) is 24.3 Å². The lowest BCUT2D eigenvalue weighted by atomic mass is 10.4. The molecule has 0 spiro atoms. The van der Waals surface area contributed by atoms with Gasteiger partial charge in [0.05, 0.1) is 13.0 Å². The van der Waals surface area contributed by atoms with Gasteiger partial charge in [0, 0.05) is 18.9 Å². The molecule has 0 saturated heterocycles. The molecular formula is C11H16N8O2. The summed E-state index contributed by atoms with van der Waals surface area (Å²) in [6, 6.07) is 1.74. The molecule has 21 heavy (non-hydrogen) atoms. The molecule has 0 atom stereocenters. The van der Waals surface area contributed by atoms with E-state index in [1.165, 1.54) is 4.68 Å². The highest BCUT2D eigenvalue weighted by molar-refractivity contribution is 5.69. The van der Waals surface area contributed by atoms with Gasteiger partial charge in [0.15, 0.2) is 0 Å². The van der Waals surface area contributed by atoms with E-state index < -0.39 is 0 Å². The first-order chi connectivity index (χ1) is 10.2. The number of nitrogens with zero attached hydrogens (tertiary/aromatic N) is 5. The molecular weight excluding hydrogens is 276 g/mol. The zero-order chi connectivity index (χ0) is 15.1. The highest BCUT2D eigenvalue weighted by atomic mass is 16.5. The highest BCUT2D eigenvalue weighted by Crippen LogP contribution is 2.07. The largest absolute Gasteiger partial charge is 0.466 e. The van der Waals surface area contributed by atoms with Crippen LogP contribution in [0.1, 0.15) is 13.3 Å². The average Bonchev–Trinajstić information content (AvgIpc) is 3.01. The third-order valence-electron chi connectivity index (χ3n) is 2.38. The Morgan fingerprint density at radius 1 is 1.38 bits per heavy atom. The normalized spacial score (nSPS) is 10.2. The Morgan fingerprint density at radius 3 is 2.86 bits per heavy atom. The van der Waals surface area contributed by atoms with Crippen molar-refractivity contribution in [3.05, 3.63) is 18.5 Å². The van der Waals surface area contributed by atoms with Crippen molar-refractivity contribution in [1.29, 1.82) is 0 Å². The fourth-order valence-electron chi connectivity index (χ4n) is 1.51. The van der Waals surface area contributed by atoms with Crippen molar-refractivity contribution in [3.63, 3.8) is 0 Å². The lowest BCUT2D eigenvalue weighted by Crippen LogP contribution is -2.17. The molecule has 2 rings (SSSR count). The molecule has 10 nitrogen and oxygen atoms in total. The number of nitrogen functional groups attached to an aromatic ring is 1. The number of nitrogens with one attached hydrogen (secondary N) is 2. The fourth-order valence-corrected chi connectivity index (χ4v) is 1.51. The highest BCUT2D eigenvalue weighted by Gasteiger charge is 2.08. The lowest BCUT2D eigenvalue weighted by Gasteiger charge is -2.08. The number of esters is 1. The molecule has 0 bridgehead atoms. The van der Waals surface area contributed by atoms with Crippen LogP contribution in [-0.4, -0.2) is 43.9 Å². The van der Waals surface area contributed by atoms with Gasteiger partial charge in [-0.05, 0) is 13.0 Å². The molecule has 2 heterocycles. The van der Waals surface area contributed by atoms with Crippen molar-refractivity contribution in [2.45, 2.75) is 13.3 Å². The molecule has 10 heteroatoms. The van der Waals surface area contributed by atoms with E-state index in [9.17, 15) is 4.79 Å². The molecule has 2 aromatic heterocycles. The average molecular weight is 292 g/mol. The van der Waals surface area contributed by atoms with Gasteiger partial charge in [0.2, 0.25) is 11.9 Å².